The van der Waals surface area contributed by atoms with Crippen LogP contribution in [0.1, 0.15) is 10.4 Å². The van der Waals surface area contributed by atoms with Gasteiger partial charge in [-0.1, -0.05) is 59.8 Å². The van der Waals surface area contributed by atoms with Crippen molar-refractivity contribution in [2.24, 2.45) is 0 Å². The summed E-state index contributed by atoms with van der Waals surface area (Å²) < 4.78 is 1.47. The van der Waals surface area contributed by atoms with Crippen LogP contribution in [0.15, 0.2) is 76.8 Å². The van der Waals surface area contributed by atoms with Gasteiger partial charge >= 0.3 is 0 Å². The first-order chi connectivity index (χ1) is 11.6. The molecule has 1 heterocycles. The van der Waals surface area contributed by atoms with E-state index in [-0.39, 0.29) is 22.1 Å². The highest BCUT2D eigenvalue weighted by Gasteiger charge is 2.11. The molecular weight excluding hydrogens is 344 g/mol. The molecule has 0 fully saturated rings. The zero-order valence-electron chi connectivity index (χ0n) is 12.6. The first-order valence-corrected chi connectivity index (χ1v) is 8.56. The van der Waals surface area contributed by atoms with Crippen molar-refractivity contribution in [3.63, 3.8) is 0 Å². The average molecular weight is 357 g/mol. The summed E-state index contributed by atoms with van der Waals surface area (Å²) in [5, 5.41) is 0.825. The molecule has 0 saturated heterocycles. The first-order valence-electron chi connectivity index (χ1n) is 7.20. The van der Waals surface area contributed by atoms with Crippen LogP contribution in [0.2, 0.25) is 5.02 Å². The lowest BCUT2D eigenvalue weighted by Gasteiger charge is -2.07. The zero-order chi connectivity index (χ0) is 16.9. The van der Waals surface area contributed by atoms with Gasteiger partial charge in [0.25, 0.3) is 5.56 Å². The number of hydrogen-bond donors (Lipinski definition) is 0. The summed E-state index contributed by atoms with van der Waals surface area (Å²) in [5.74, 6) is 0.117. The SMILES string of the molecule is O=C(CSc1nccn(-c2cccc(Cl)c2)c1=O)c1ccccc1. The smallest absolute Gasteiger partial charge is 0.287 e. The molecule has 0 spiro atoms. The van der Waals surface area contributed by atoms with Crippen molar-refractivity contribution in [2.75, 3.05) is 5.75 Å². The normalized spacial score (nSPS) is 10.5. The maximum atomic E-state index is 12.6. The van der Waals surface area contributed by atoms with E-state index in [1.807, 2.05) is 18.2 Å². The van der Waals surface area contributed by atoms with Crippen molar-refractivity contribution in [3.8, 4) is 5.69 Å². The van der Waals surface area contributed by atoms with Crippen molar-refractivity contribution >= 4 is 29.1 Å². The predicted octanol–water partition coefficient (Wildman–Crippen LogP) is 3.86. The number of nitrogens with zero attached hydrogens (tertiary/aromatic N) is 2. The van der Waals surface area contributed by atoms with Crippen molar-refractivity contribution in [1.82, 2.24) is 9.55 Å². The molecule has 0 saturated carbocycles. The minimum Gasteiger partial charge on any atom is -0.293 e. The lowest BCUT2D eigenvalue weighted by Crippen LogP contribution is -2.21. The third-order valence-electron chi connectivity index (χ3n) is 3.33. The maximum Gasteiger partial charge on any atom is 0.287 e. The summed E-state index contributed by atoms with van der Waals surface area (Å²) in [6, 6.07) is 16.0. The molecule has 120 valence electrons. The van der Waals surface area contributed by atoms with Crippen molar-refractivity contribution in [3.05, 3.63) is 87.9 Å². The monoisotopic (exact) mass is 356 g/mol. The second-order valence-corrected chi connectivity index (χ2v) is 6.37. The molecule has 0 aliphatic rings. The van der Waals surface area contributed by atoms with Crippen LogP contribution in [0.3, 0.4) is 0 Å². The number of carbonyl (C=O) groups is 1. The molecule has 0 radical (unpaired) electrons. The molecule has 2 aromatic carbocycles. The number of hydrogen-bond acceptors (Lipinski definition) is 4. The molecule has 0 amide bonds. The molecule has 0 unspecified atom stereocenters. The van der Waals surface area contributed by atoms with Crippen LogP contribution in [0, 0.1) is 0 Å². The molecule has 0 aliphatic heterocycles. The van der Waals surface area contributed by atoms with Crippen molar-refractivity contribution < 1.29 is 4.79 Å². The minimum absolute atomic E-state index is 0.0417. The average Bonchev–Trinajstić information content (AvgIpc) is 2.61. The van der Waals surface area contributed by atoms with E-state index in [2.05, 4.69) is 4.98 Å². The van der Waals surface area contributed by atoms with Crippen LogP contribution < -0.4 is 5.56 Å². The van der Waals surface area contributed by atoms with Crippen molar-refractivity contribution in [1.29, 1.82) is 0 Å². The summed E-state index contributed by atoms with van der Waals surface area (Å²) in [7, 11) is 0. The zero-order valence-corrected chi connectivity index (χ0v) is 14.1. The van der Waals surface area contributed by atoms with E-state index in [9.17, 15) is 9.59 Å². The molecule has 6 heteroatoms. The molecule has 0 N–H and O–H groups in total. The Hall–Kier alpha value is -2.37. The van der Waals surface area contributed by atoms with E-state index < -0.39 is 0 Å². The summed E-state index contributed by atoms with van der Waals surface area (Å²) >= 11 is 7.11. The second-order valence-electron chi connectivity index (χ2n) is 4.97. The van der Waals surface area contributed by atoms with Crippen LogP contribution in [-0.2, 0) is 0 Å². The molecule has 4 nitrogen and oxygen atoms in total. The van der Waals surface area contributed by atoms with Gasteiger partial charge in [-0.25, -0.2) is 4.98 Å². The highest BCUT2D eigenvalue weighted by Crippen LogP contribution is 2.16. The summed E-state index contributed by atoms with van der Waals surface area (Å²) in [6.45, 7) is 0. The van der Waals surface area contributed by atoms with E-state index in [1.54, 1.807) is 42.6 Å². The van der Waals surface area contributed by atoms with E-state index in [4.69, 9.17) is 11.6 Å². The highest BCUT2D eigenvalue weighted by molar-refractivity contribution is 7.99. The van der Waals surface area contributed by atoms with E-state index in [0.29, 0.717) is 16.3 Å². The number of Topliss-reactive ketones (excluding diaryl/α,β-unsaturated/α-hetero) is 1. The van der Waals surface area contributed by atoms with Gasteiger partial charge in [-0.2, -0.15) is 0 Å². The molecule has 24 heavy (non-hydrogen) atoms. The third-order valence-corrected chi connectivity index (χ3v) is 4.53. The second kappa shape index (κ2) is 7.47. The van der Waals surface area contributed by atoms with Crippen LogP contribution in [0.25, 0.3) is 5.69 Å². The Kier molecular flexibility index (Phi) is 5.13. The molecule has 0 atom stereocenters. The molecule has 1 aromatic heterocycles. The quantitative estimate of drug-likeness (QED) is 0.514. The summed E-state index contributed by atoms with van der Waals surface area (Å²) in [6.07, 6.45) is 3.12. The summed E-state index contributed by atoms with van der Waals surface area (Å²) in [4.78, 5) is 28.8. The largest absolute Gasteiger partial charge is 0.293 e. The van der Waals surface area contributed by atoms with E-state index in [0.717, 1.165) is 11.8 Å². The number of benzene rings is 2. The Morgan fingerprint density at radius 3 is 2.67 bits per heavy atom. The van der Waals surface area contributed by atoms with Gasteiger partial charge in [-0.3, -0.25) is 14.2 Å². The van der Waals surface area contributed by atoms with Gasteiger partial charge in [-0.15, -0.1) is 0 Å². The fourth-order valence-electron chi connectivity index (χ4n) is 2.16. The standard InChI is InChI=1S/C18H13ClN2O2S/c19-14-7-4-8-15(11-14)21-10-9-20-17(18(21)23)24-12-16(22)13-5-2-1-3-6-13/h1-11H,12H2. The number of ketones is 1. The maximum absolute atomic E-state index is 12.6. The minimum atomic E-state index is -0.273. The van der Waals surface area contributed by atoms with E-state index in [1.165, 1.54) is 10.8 Å². The van der Waals surface area contributed by atoms with Crippen LogP contribution in [0.5, 0.6) is 0 Å². The van der Waals surface area contributed by atoms with Gasteiger partial charge in [0.15, 0.2) is 10.8 Å². The fourth-order valence-corrected chi connectivity index (χ4v) is 3.14. The Bertz CT molecular complexity index is 926. The number of rotatable bonds is 5. The van der Waals surface area contributed by atoms with Gasteiger partial charge in [-0.05, 0) is 18.2 Å². The van der Waals surface area contributed by atoms with E-state index >= 15 is 0 Å². The third kappa shape index (κ3) is 3.75. The predicted molar refractivity (Wildman–Crippen MR) is 96.3 cm³/mol. The van der Waals surface area contributed by atoms with Crippen LogP contribution in [0.4, 0.5) is 0 Å². The molecule has 0 aliphatic carbocycles. The van der Waals surface area contributed by atoms with Gasteiger partial charge in [0.2, 0.25) is 0 Å². The Morgan fingerprint density at radius 1 is 1.12 bits per heavy atom. The summed E-state index contributed by atoms with van der Waals surface area (Å²) in [5.41, 5.74) is 1.01. The number of thioether (sulfide) groups is 1. The lowest BCUT2D eigenvalue weighted by atomic mass is 10.2. The van der Waals surface area contributed by atoms with Gasteiger partial charge in [0, 0.05) is 23.0 Å². The number of carbonyl (C=O) groups excluding carboxylic acids is 1. The molecule has 3 aromatic rings. The molecular formula is C18H13ClN2O2S. The van der Waals surface area contributed by atoms with Gasteiger partial charge < -0.3 is 0 Å². The Morgan fingerprint density at radius 2 is 1.92 bits per heavy atom. The molecule has 3 rings (SSSR count). The van der Waals surface area contributed by atoms with Gasteiger partial charge in [0.05, 0.1) is 11.4 Å². The van der Waals surface area contributed by atoms with Crippen molar-refractivity contribution in [2.45, 2.75) is 5.03 Å². The highest BCUT2D eigenvalue weighted by atomic mass is 35.5. The topological polar surface area (TPSA) is 52.0 Å². The lowest BCUT2D eigenvalue weighted by molar-refractivity contribution is 0.102. The van der Waals surface area contributed by atoms with Crippen LogP contribution in [-0.4, -0.2) is 21.1 Å². The first kappa shape index (κ1) is 16.5. The number of halogens is 1. The fraction of sp³-hybridized carbons (Fsp3) is 0.0556. The Balaban J connectivity index is 1.81. The van der Waals surface area contributed by atoms with Gasteiger partial charge in [0.1, 0.15) is 0 Å². The molecule has 0 bridgehead atoms. The number of aromatic nitrogens is 2. The Labute approximate surface area is 148 Å². The van der Waals surface area contributed by atoms with Crippen LogP contribution >= 0.6 is 23.4 Å².